The molecule has 2 aromatic carbocycles. The number of hydrogen-bond acceptors (Lipinski definition) is 2. The highest BCUT2D eigenvalue weighted by Gasteiger charge is 2.01. The van der Waals surface area contributed by atoms with Crippen molar-refractivity contribution in [1.82, 2.24) is 0 Å². The maximum absolute atomic E-state index is 3.50. The molecule has 1 nitrogen and oxygen atoms in total. The summed E-state index contributed by atoms with van der Waals surface area (Å²) in [6, 6.07) is 19.0. The van der Waals surface area contributed by atoms with Crippen molar-refractivity contribution in [2.45, 2.75) is 6.54 Å². The molecule has 0 amide bonds. The van der Waals surface area contributed by atoms with Gasteiger partial charge in [0, 0.05) is 6.54 Å². The summed E-state index contributed by atoms with van der Waals surface area (Å²) in [5, 5.41) is 6.95. The molecule has 0 atom stereocenters. The molecule has 1 aromatic heterocycles. The quantitative estimate of drug-likeness (QED) is 0.709. The lowest BCUT2D eigenvalue weighted by molar-refractivity contribution is 1.16. The molecule has 3 aromatic rings. The summed E-state index contributed by atoms with van der Waals surface area (Å²) >= 11 is 1.79. The molecule has 0 saturated heterocycles. The average molecular weight is 239 g/mol. The van der Waals surface area contributed by atoms with E-state index in [-0.39, 0.29) is 0 Å². The van der Waals surface area contributed by atoms with Crippen molar-refractivity contribution in [3.63, 3.8) is 0 Å². The van der Waals surface area contributed by atoms with Crippen molar-refractivity contribution in [3.8, 4) is 0 Å². The fourth-order valence-electron chi connectivity index (χ4n) is 1.93. The zero-order valence-corrected chi connectivity index (χ0v) is 10.2. The second kappa shape index (κ2) is 4.60. The zero-order chi connectivity index (χ0) is 11.5. The van der Waals surface area contributed by atoms with Gasteiger partial charge in [0.25, 0.3) is 0 Å². The van der Waals surface area contributed by atoms with Crippen LogP contribution in [0.4, 0.5) is 5.69 Å². The van der Waals surface area contributed by atoms with Crippen LogP contribution in [0.5, 0.6) is 0 Å². The Balaban J connectivity index is 1.84. The maximum Gasteiger partial charge on any atom is 0.0574 e. The monoisotopic (exact) mass is 239 g/mol. The Morgan fingerprint density at radius 2 is 1.76 bits per heavy atom. The van der Waals surface area contributed by atoms with E-state index >= 15 is 0 Å². The van der Waals surface area contributed by atoms with Gasteiger partial charge in [-0.15, -0.1) is 11.3 Å². The summed E-state index contributed by atoms with van der Waals surface area (Å²) in [7, 11) is 0. The molecule has 0 aliphatic heterocycles. The molecule has 1 heterocycles. The Morgan fingerprint density at radius 3 is 2.65 bits per heavy atom. The van der Waals surface area contributed by atoms with E-state index in [4.69, 9.17) is 0 Å². The molecule has 3 rings (SSSR count). The van der Waals surface area contributed by atoms with Gasteiger partial charge in [0.05, 0.1) is 10.4 Å². The van der Waals surface area contributed by atoms with Crippen LogP contribution in [0.15, 0.2) is 60.0 Å². The van der Waals surface area contributed by atoms with Crippen LogP contribution in [0.1, 0.15) is 5.56 Å². The predicted molar refractivity (Wildman–Crippen MR) is 75.6 cm³/mol. The number of rotatable bonds is 3. The lowest BCUT2D eigenvalue weighted by atomic mass is 10.2. The highest BCUT2D eigenvalue weighted by molar-refractivity contribution is 7.17. The van der Waals surface area contributed by atoms with Gasteiger partial charge in [-0.2, -0.15) is 0 Å². The SMILES string of the molecule is c1ccc(CNc2cccc3ccsc23)cc1. The van der Waals surface area contributed by atoms with E-state index in [0.717, 1.165) is 6.54 Å². The van der Waals surface area contributed by atoms with Crippen molar-refractivity contribution in [3.05, 3.63) is 65.5 Å². The summed E-state index contributed by atoms with van der Waals surface area (Å²) < 4.78 is 1.34. The third kappa shape index (κ3) is 2.17. The summed E-state index contributed by atoms with van der Waals surface area (Å²) in [6.45, 7) is 0.873. The molecule has 0 unspecified atom stereocenters. The summed E-state index contributed by atoms with van der Waals surface area (Å²) in [6.07, 6.45) is 0. The Labute approximate surface area is 105 Å². The van der Waals surface area contributed by atoms with Crippen LogP contribution in [0.25, 0.3) is 10.1 Å². The third-order valence-corrected chi connectivity index (χ3v) is 3.77. The molecular formula is C15H13NS. The number of anilines is 1. The van der Waals surface area contributed by atoms with Crippen LogP contribution in [-0.2, 0) is 6.54 Å². The molecule has 0 aliphatic carbocycles. The van der Waals surface area contributed by atoms with E-state index in [0.29, 0.717) is 0 Å². The van der Waals surface area contributed by atoms with E-state index in [1.165, 1.54) is 21.3 Å². The van der Waals surface area contributed by atoms with Gasteiger partial charge in [0.1, 0.15) is 0 Å². The Hall–Kier alpha value is -1.80. The standard InChI is InChI=1S/C15H13NS/c1-2-5-12(6-3-1)11-16-14-8-4-7-13-9-10-17-15(13)14/h1-10,16H,11H2. The van der Waals surface area contributed by atoms with Gasteiger partial charge in [-0.05, 0) is 28.5 Å². The highest BCUT2D eigenvalue weighted by atomic mass is 32.1. The first-order valence-electron chi connectivity index (χ1n) is 5.67. The molecule has 0 spiro atoms. The van der Waals surface area contributed by atoms with Crippen LogP contribution in [0.3, 0.4) is 0 Å². The van der Waals surface area contributed by atoms with Gasteiger partial charge < -0.3 is 5.32 Å². The van der Waals surface area contributed by atoms with Crippen LogP contribution in [0, 0.1) is 0 Å². The van der Waals surface area contributed by atoms with Gasteiger partial charge in [0.2, 0.25) is 0 Å². The highest BCUT2D eigenvalue weighted by Crippen LogP contribution is 2.28. The minimum Gasteiger partial charge on any atom is -0.380 e. The van der Waals surface area contributed by atoms with E-state index < -0.39 is 0 Å². The number of fused-ring (bicyclic) bond motifs is 1. The number of thiophene rings is 1. The van der Waals surface area contributed by atoms with Crippen molar-refractivity contribution in [1.29, 1.82) is 0 Å². The first kappa shape index (κ1) is 10.4. The molecule has 0 bridgehead atoms. The molecule has 0 fully saturated rings. The molecule has 2 heteroatoms. The smallest absolute Gasteiger partial charge is 0.0574 e. The van der Waals surface area contributed by atoms with Crippen LogP contribution >= 0.6 is 11.3 Å². The number of nitrogens with one attached hydrogen (secondary N) is 1. The van der Waals surface area contributed by atoms with Gasteiger partial charge >= 0.3 is 0 Å². The van der Waals surface area contributed by atoms with Crippen molar-refractivity contribution in [2.24, 2.45) is 0 Å². The van der Waals surface area contributed by atoms with E-state index in [1.54, 1.807) is 11.3 Å². The first-order chi connectivity index (χ1) is 8.43. The second-order valence-corrected chi connectivity index (χ2v) is 4.90. The topological polar surface area (TPSA) is 12.0 Å². The minimum absolute atomic E-state index is 0.873. The summed E-state index contributed by atoms with van der Waals surface area (Å²) in [4.78, 5) is 0. The Kier molecular flexibility index (Phi) is 2.80. The van der Waals surface area contributed by atoms with E-state index in [9.17, 15) is 0 Å². The maximum atomic E-state index is 3.50. The first-order valence-corrected chi connectivity index (χ1v) is 6.55. The van der Waals surface area contributed by atoms with Gasteiger partial charge in [-0.3, -0.25) is 0 Å². The summed E-state index contributed by atoms with van der Waals surface area (Å²) in [5.41, 5.74) is 2.53. The minimum atomic E-state index is 0.873. The zero-order valence-electron chi connectivity index (χ0n) is 9.39. The molecule has 0 aliphatic rings. The van der Waals surface area contributed by atoms with Crippen LogP contribution in [0.2, 0.25) is 0 Å². The lowest BCUT2D eigenvalue weighted by Crippen LogP contribution is -1.98. The predicted octanol–water partition coefficient (Wildman–Crippen LogP) is 4.51. The molecule has 84 valence electrons. The van der Waals surface area contributed by atoms with Gasteiger partial charge in [0.15, 0.2) is 0 Å². The Bertz CT molecular complexity index is 613. The molecule has 0 radical (unpaired) electrons. The average Bonchev–Trinajstić information content (AvgIpc) is 2.86. The second-order valence-electron chi connectivity index (χ2n) is 3.98. The Morgan fingerprint density at radius 1 is 0.882 bits per heavy atom. The number of benzene rings is 2. The van der Waals surface area contributed by atoms with E-state index in [2.05, 4.69) is 59.2 Å². The van der Waals surface area contributed by atoms with Crippen LogP contribution < -0.4 is 5.32 Å². The molecule has 0 saturated carbocycles. The van der Waals surface area contributed by atoms with Gasteiger partial charge in [-0.1, -0.05) is 42.5 Å². The fourth-order valence-corrected chi connectivity index (χ4v) is 2.82. The number of hydrogen-bond donors (Lipinski definition) is 1. The molecular weight excluding hydrogens is 226 g/mol. The molecule has 1 N–H and O–H groups in total. The van der Waals surface area contributed by atoms with Crippen molar-refractivity contribution in [2.75, 3.05) is 5.32 Å². The fraction of sp³-hybridized carbons (Fsp3) is 0.0667. The van der Waals surface area contributed by atoms with Crippen LogP contribution in [-0.4, -0.2) is 0 Å². The molecule has 17 heavy (non-hydrogen) atoms. The largest absolute Gasteiger partial charge is 0.380 e. The normalized spacial score (nSPS) is 10.6. The summed E-state index contributed by atoms with van der Waals surface area (Å²) in [5.74, 6) is 0. The van der Waals surface area contributed by atoms with E-state index in [1.807, 2.05) is 6.07 Å². The third-order valence-electron chi connectivity index (χ3n) is 2.80. The van der Waals surface area contributed by atoms with Crippen molar-refractivity contribution < 1.29 is 0 Å². The van der Waals surface area contributed by atoms with Crippen molar-refractivity contribution >= 4 is 27.1 Å². The van der Waals surface area contributed by atoms with Gasteiger partial charge in [-0.25, -0.2) is 0 Å². The lowest BCUT2D eigenvalue weighted by Gasteiger charge is -2.07.